The summed E-state index contributed by atoms with van der Waals surface area (Å²) in [6.07, 6.45) is 13.1. The number of hydrogen-bond donors (Lipinski definition) is 0. The van der Waals surface area contributed by atoms with Crippen molar-refractivity contribution in [3.8, 4) is 0 Å². The number of carbonyl (C=O) groups is 2. The van der Waals surface area contributed by atoms with Gasteiger partial charge < -0.3 is 4.52 Å². The highest BCUT2D eigenvalue weighted by molar-refractivity contribution is 6.07. The highest BCUT2D eigenvalue weighted by atomic mass is 16.5. The second-order valence-electron chi connectivity index (χ2n) is 10.3. The van der Waals surface area contributed by atoms with Crippen LogP contribution in [0.1, 0.15) is 78.3 Å². The molecule has 0 amide bonds. The van der Waals surface area contributed by atoms with Crippen molar-refractivity contribution in [2.45, 2.75) is 51.9 Å². The zero-order chi connectivity index (χ0) is 24.4. The van der Waals surface area contributed by atoms with Gasteiger partial charge in [-0.3, -0.25) is 19.2 Å². The maximum Gasteiger partial charge on any atom is 0.165 e. The highest BCUT2D eigenvalue weighted by Gasteiger charge is 2.25. The lowest BCUT2D eigenvalue weighted by Gasteiger charge is -2.31. The molecule has 0 bridgehead atoms. The van der Waals surface area contributed by atoms with E-state index in [-0.39, 0.29) is 11.6 Å². The molecule has 0 saturated heterocycles. The first kappa shape index (κ1) is 23.7. The fraction of sp³-hybridized carbons (Fsp3) is 0.500. The molecule has 0 atom stereocenters. The molecule has 0 unspecified atom stereocenters. The van der Waals surface area contributed by atoms with Crippen molar-refractivity contribution in [1.29, 1.82) is 0 Å². The summed E-state index contributed by atoms with van der Waals surface area (Å²) >= 11 is 0. The van der Waals surface area contributed by atoms with E-state index in [4.69, 9.17) is 4.52 Å². The van der Waals surface area contributed by atoms with Crippen molar-refractivity contribution in [2.24, 2.45) is 18.9 Å². The van der Waals surface area contributed by atoms with E-state index in [1.54, 1.807) is 11.6 Å². The standard InChI is InChI=1S/C28H34N4O3/c1-19(33)25-18-35-30-28(25)22-11-14-32(15-12-22)13-10-20-6-8-21(9-7-20)16-27(34)23-4-3-5-26-24(23)17-31(2)29-26/h3-5,11,17-18,20-21H,6-10,12-16H2,1-2H3. The Morgan fingerprint density at radius 3 is 2.66 bits per heavy atom. The van der Waals surface area contributed by atoms with Gasteiger partial charge in [-0.2, -0.15) is 5.10 Å². The van der Waals surface area contributed by atoms with Gasteiger partial charge in [0.1, 0.15) is 12.0 Å². The third-order valence-corrected chi connectivity index (χ3v) is 7.81. The van der Waals surface area contributed by atoms with E-state index < -0.39 is 0 Å². The van der Waals surface area contributed by atoms with Crippen molar-refractivity contribution >= 4 is 28.0 Å². The average Bonchev–Trinajstić information content (AvgIpc) is 3.50. The largest absolute Gasteiger partial charge is 0.363 e. The molecule has 2 aromatic heterocycles. The van der Waals surface area contributed by atoms with Crippen molar-refractivity contribution in [2.75, 3.05) is 19.6 Å². The van der Waals surface area contributed by atoms with E-state index in [1.807, 2.05) is 31.4 Å². The van der Waals surface area contributed by atoms with Crippen LogP contribution in [0.5, 0.6) is 0 Å². The van der Waals surface area contributed by atoms with Crippen LogP contribution in [0.2, 0.25) is 0 Å². The number of rotatable bonds is 8. The summed E-state index contributed by atoms with van der Waals surface area (Å²) in [5.41, 5.74) is 4.12. The number of aryl methyl sites for hydroxylation is 1. The molecular formula is C28H34N4O3. The average molecular weight is 475 g/mol. The van der Waals surface area contributed by atoms with E-state index in [0.29, 0.717) is 23.6 Å². The molecule has 184 valence electrons. The van der Waals surface area contributed by atoms with Gasteiger partial charge in [-0.1, -0.05) is 36.2 Å². The number of ketones is 2. The Hall–Kier alpha value is -3.06. The molecular weight excluding hydrogens is 440 g/mol. The van der Waals surface area contributed by atoms with Gasteiger partial charge in [-0.05, 0) is 62.6 Å². The smallest absolute Gasteiger partial charge is 0.165 e. The molecule has 2 aliphatic rings. The predicted octanol–water partition coefficient (Wildman–Crippen LogP) is 5.32. The van der Waals surface area contributed by atoms with Crippen LogP contribution in [0, 0.1) is 11.8 Å². The van der Waals surface area contributed by atoms with Gasteiger partial charge >= 0.3 is 0 Å². The number of Topliss-reactive ketones (excluding diaryl/α,β-unsaturated/α-hetero) is 2. The van der Waals surface area contributed by atoms with E-state index in [0.717, 1.165) is 66.9 Å². The van der Waals surface area contributed by atoms with Gasteiger partial charge in [0.25, 0.3) is 0 Å². The lowest BCUT2D eigenvalue weighted by atomic mass is 9.78. The Kier molecular flexibility index (Phi) is 6.95. The molecule has 1 aliphatic carbocycles. The second kappa shape index (κ2) is 10.3. The normalized spacial score (nSPS) is 21.3. The number of nitrogens with zero attached hydrogens (tertiary/aromatic N) is 4. The number of aromatic nitrogens is 3. The lowest BCUT2D eigenvalue weighted by Crippen LogP contribution is -2.31. The molecule has 1 aromatic carbocycles. The summed E-state index contributed by atoms with van der Waals surface area (Å²) in [7, 11) is 1.90. The first-order valence-electron chi connectivity index (χ1n) is 12.8. The number of fused-ring (bicyclic) bond motifs is 1. The SMILES string of the molecule is CC(=O)c1conc1C1=CCN(CCC2CCC(CC(=O)c3cccc4nn(C)cc34)CC2)CC1. The minimum Gasteiger partial charge on any atom is -0.363 e. The van der Waals surface area contributed by atoms with Gasteiger partial charge in [0.15, 0.2) is 11.6 Å². The van der Waals surface area contributed by atoms with E-state index in [1.165, 1.54) is 25.5 Å². The Bertz CT molecular complexity index is 1250. The van der Waals surface area contributed by atoms with Crippen LogP contribution in [0.25, 0.3) is 16.5 Å². The van der Waals surface area contributed by atoms with Crippen LogP contribution < -0.4 is 0 Å². The molecule has 5 rings (SSSR count). The number of carbonyl (C=O) groups excluding carboxylic acids is 2. The zero-order valence-corrected chi connectivity index (χ0v) is 20.7. The van der Waals surface area contributed by atoms with Gasteiger partial charge in [0, 0.05) is 43.7 Å². The van der Waals surface area contributed by atoms with Crippen molar-refractivity contribution in [1.82, 2.24) is 19.8 Å². The first-order valence-corrected chi connectivity index (χ1v) is 12.8. The van der Waals surface area contributed by atoms with Crippen LogP contribution in [0.15, 0.2) is 41.3 Å². The maximum atomic E-state index is 13.0. The monoisotopic (exact) mass is 474 g/mol. The molecule has 1 aliphatic heterocycles. The van der Waals surface area contributed by atoms with Gasteiger partial charge in [-0.25, -0.2) is 0 Å². The molecule has 3 aromatic rings. The summed E-state index contributed by atoms with van der Waals surface area (Å²) < 4.78 is 6.82. The Labute approximate surface area is 206 Å². The first-order chi connectivity index (χ1) is 17.0. The molecule has 3 heterocycles. The minimum atomic E-state index is -0.00369. The molecule has 1 fully saturated rings. The maximum absolute atomic E-state index is 13.0. The summed E-state index contributed by atoms with van der Waals surface area (Å²) in [4.78, 5) is 27.3. The Morgan fingerprint density at radius 1 is 1.11 bits per heavy atom. The van der Waals surface area contributed by atoms with Gasteiger partial charge in [0.05, 0.1) is 11.1 Å². The van der Waals surface area contributed by atoms with Crippen LogP contribution in [0.4, 0.5) is 0 Å². The van der Waals surface area contributed by atoms with Crippen LogP contribution in [-0.4, -0.2) is 51.0 Å². The summed E-state index contributed by atoms with van der Waals surface area (Å²) in [6, 6.07) is 5.85. The predicted molar refractivity (Wildman–Crippen MR) is 135 cm³/mol. The van der Waals surface area contributed by atoms with Crippen molar-refractivity contribution in [3.05, 3.63) is 53.6 Å². The summed E-state index contributed by atoms with van der Waals surface area (Å²) in [5.74, 6) is 1.48. The zero-order valence-electron chi connectivity index (χ0n) is 20.7. The number of hydrogen-bond acceptors (Lipinski definition) is 6. The quantitative estimate of drug-likeness (QED) is 0.411. The third kappa shape index (κ3) is 5.30. The van der Waals surface area contributed by atoms with Crippen LogP contribution in [0.3, 0.4) is 0 Å². The molecule has 0 radical (unpaired) electrons. The van der Waals surface area contributed by atoms with E-state index >= 15 is 0 Å². The molecule has 7 nitrogen and oxygen atoms in total. The third-order valence-electron chi connectivity index (χ3n) is 7.81. The van der Waals surface area contributed by atoms with Gasteiger partial charge in [-0.15, -0.1) is 0 Å². The van der Waals surface area contributed by atoms with Gasteiger partial charge in [0.2, 0.25) is 0 Å². The molecule has 0 spiro atoms. The fourth-order valence-corrected chi connectivity index (χ4v) is 5.71. The van der Waals surface area contributed by atoms with Crippen molar-refractivity contribution < 1.29 is 14.1 Å². The molecule has 1 saturated carbocycles. The second-order valence-corrected chi connectivity index (χ2v) is 10.3. The lowest BCUT2D eigenvalue weighted by molar-refractivity contribution is 0.0941. The minimum absolute atomic E-state index is 0.00369. The number of benzene rings is 1. The highest BCUT2D eigenvalue weighted by Crippen LogP contribution is 2.34. The van der Waals surface area contributed by atoms with Crippen LogP contribution >= 0.6 is 0 Å². The van der Waals surface area contributed by atoms with Crippen LogP contribution in [-0.2, 0) is 7.05 Å². The summed E-state index contributed by atoms with van der Waals surface area (Å²) in [5, 5.41) is 9.46. The fourth-order valence-electron chi connectivity index (χ4n) is 5.71. The van der Waals surface area contributed by atoms with Crippen molar-refractivity contribution in [3.63, 3.8) is 0 Å². The Morgan fingerprint density at radius 2 is 1.91 bits per heavy atom. The summed E-state index contributed by atoms with van der Waals surface area (Å²) in [6.45, 7) is 4.53. The molecule has 35 heavy (non-hydrogen) atoms. The Balaban J connectivity index is 1.07. The molecule has 7 heteroatoms. The topological polar surface area (TPSA) is 81.2 Å². The van der Waals surface area contributed by atoms with E-state index in [9.17, 15) is 9.59 Å². The molecule has 0 N–H and O–H groups in total. The van der Waals surface area contributed by atoms with E-state index in [2.05, 4.69) is 21.2 Å².